The van der Waals surface area contributed by atoms with Gasteiger partial charge in [-0.1, -0.05) is 0 Å². The van der Waals surface area contributed by atoms with E-state index in [1.165, 1.54) is 24.3 Å². The van der Waals surface area contributed by atoms with E-state index in [2.05, 4.69) is 30.6 Å². The molecule has 0 aliphatic carbocycles. The molecule has 0 amide bonds. The van der Waals surface area contributed by atoms with Gasteiger partial charge in [0.2, 0.25) is 0 Å². The summed E-state index contributed by atoms with van der Waals surface area (Å²) in [6, 6.07) is 1.74. The van der Waals surface area contributed by atoms with Crippen LogP contribution in [0, 0.1) is 5.92 Å². The van der Waals surface area contributed by atoms with Crippen molar-refractivity contribution in [1.82, 2.24) is 4.90 Å². The van der Waals surface area contributed by atoms with E-state index >= 15 is 0 Å². The van der Waals surface area contributed by atoms with Crippen molar-refractivity contribution in [2.45, 2.75) is 31.8 Å². The van der Waals surface area contributed by atoms with E-state index in [1.54, 1.807) is 0 Å². The summed E-state index contributed by atoms with van der Waals surface area (Å²) in [7, 11) is 2.29. The van der Waals surface area contributed by atoms with Gasteiger partial charge in [0.15, 0.2) is 0 Å². The molecular formula is C9H17NS. The molecule has 0 saturated carbocycles. The number of nitrogens with zero attached hydrogens (tertiary/aromatic N) is 1. The second kappa shape index (κ2) is 2.98. The van der Waals surface area contributed by atoms with Crippen LogP contribution in [0.1, 0.15) is 19.8 Å². The third-order valence-electron chi connectivity index (χ3n) is 3.33. The van der Waals surface area contributed by atoms with Crippen LogP contribution in [-0.2, 0) is 0 Å². The maximum absolute atomic E-state index is 2.58. The second-order valence-corrected chi connectivity index (χ2v) is 5.09. The summed E-state index contributed by atoms with van der Waals surface area (Å²) in [5.41, 5.74) is 0. The molecule has 11 heavy (non-hydrogen) atoms. The van der Waals surface area contributed by atoms with Crippen molar-refractivity contribution in [2.24, 2.45) is 5.92 Å². The predicted octanol–water partition coefficient (Wildman–Crippen LogP) is 1.83. The summed E-state index contributed by atoms with van der Waals surface area (Å²) in [6.07, 6.45) is 2.91. The van der Waals surface area contributed by atoms with E-state index in [4.69, 9.17) is 0 Å². The zero-order valence-corrected chi connectivity index (χ0v) is 8.23. The number of thioether (sulfide) groups is 1. The lowest BCUT2D eigenvalue weighted by atomic mass is 9.97. The molecule has 2 rings (SSSR count). The highest BCUT2D eigenvalue weighted by Crippen LogP contribution is 2.36. The van der Waals surface area contributed by atoms with Crippen molar-refractivity contribution in [3.05, 3.63) is 0 Å². The first-order valence-corrected chi connectivity index (χ1v) is 5.74. The zero-order chi connectivity index (χ0) is 7.84. The van der Waals surface area contributed by atoms with Crippen molar-refractivity contribution >= 4 is 11.8 Å². The molecule has 0 spiro atoms. The molecule has 0 aromatic carbocycles. The SMILES string of the molecule is CC1CC2CCSCC2N1C. The number of rotatable bonds is 0. The van der Waals surface area contributed by atoms with Gasteiger partial charge < -0.3 is 0 Å². The summed E-state index contributed by atoms with van der Waals surface area (Å²) in [5, 5.41) is 0. The van der Waals surface area contributed by atoms with E-state index in [0.29, 0.717) is 0 Å². The van der Waals surface area contributed by atoms with Gasteiger partial charge in [0, 0.05) is 17.8 Å². The Balaban J connectivity index is 2.05. The number of hydrogen-bond acceptors (Lipinski definition) is 2. The summed E-state index contributed by atoms with van der Waals surface area (Å²) >= 11 is 2.14. The fourth-order valence-corrected chi connectivity index (χ4v) is 3.81. The van der Waals surface area contributed by atoms with E-state index in [9.17, 15) is 0 Å². The van der Waals surface area contributed by atoms with Crippen LogP contribution >= 0.6 is 11.8 Å². The normalized spacial score (nSPS) is 45.8. The Kier molecular flexibility index (Phi) is 2.15. The number of fused-ring (bicyclic) bond motifs is 1. The molecule has 2 aliphatic heterocycles. The van der Waals surface area contributed by atoms with Crippen LogP contribution in [0.25, 0.3) is 0 Å². The third-order valence-corrected chi connectivity index (χ3v) is 4.43. The van der Waals surface area contributed by atoms with Gasteiger partial charge in [-0.3, -0.25) is 4.90 Å². The first-order chi connectivity index (χ1) is 5.29. The van der Waals surface area contributed by atoms with Crippen LogP contribution in [-0.4, -0.2) is 35.5 Å². The van der Waals surface area contributed by atoms with Crippen LogP contribution in [0.4, 0.5) is 0 Å². The van der Waals surface area contributed by atoms with Gasteiger partial charge in [0.25, 0.3) is 0 Å². The van der Waals surface area contributed by atoms with Gasteiger partial charge in [-0.15, -0.1) is 0 Å². The van der Waals surface area contributed by atoms with Crippen molar-refractivity contribution in [1.29, 1.82) is 0 Å². The van der Waals surface area contributed by atoms with Crippen molar-refractivity contribution < 1.29 is 0 Å². The highest BCUT2D eigenvalue weighted by molar-refractivity contribution is 7.99. The minimum atomic E-state index is 0.837. The molecule has 2 fully saturated rings. The fourth-order valence-electron chi connectivity index (χ4n) is 2.42. The van der Waals surface area contributed by atoms with Crippen LogP contribution in [0.15, 0.2) is 0 Å². The number of likely N-dealkylation sites (tertiary alicyclic amines) is 1. The smallest absolute Gasteiger partial charge is 0.0215 e. The van der Waals surface area contributed by atoms with Gasteiger partial charge in [0.1, 0.15) is 0 Å². The van der Waals surface area contributed by atoms with Crippen LogP contribution in [0.3, 0.4) is 0 Å². The summed E-state index contributed by atoms with van der Waals surface area (Å²) < 4.78 is 0. The van der Waals surface area contributed by atoms with E-state index in [1.807, 2.05) is 0 Å². The average Bonchev–Trinajstić information content (AvgIpc) is 2.30. The highest BCUT2D eigenvalue weighted by atomic mass is 32.2. The van der Waals surface area contributed by atoms with Crippen molar-refractivity contribution in [3.8, 4) is 0 Å². The molecule has 3 unspecified atom stereocenters. The topological polar surface area (TPSA) is 3.24 Å². The minimum Gasteiger partial charge on any atom is -0.300 e. The molecule has 2 aliphatic rings. The quantitative estimate of drug-likeness (QED) is 0.547. The van der Waals surface area contributed by atoms with Crippen LogP contribution < -0.4 is 0 Å². The maximum atomic E-state index is 2.58. The molecule has 0 aromatic rings. The monoisotopic (exact) mass is 171 g/mol. The Morgan fingerprint density at radius 3 is 3.00 bits per heavy atom. The van der Waals surface area contributed by atoms with Gasteiger partial charge >= 0.3 is 0 Å². The van der Waals surface area contributed by atoms with E-state index in [0.717, 1.165) is 18.0 Å². The van der Waals surface area contributed by atoms with Crippen LogP contribution in [0.2, 0.25) is 0 Å². The predicted molar refractivity (Wildman–Crippen MR) is 51.1 cm³/mol. The molecule has 2 saturated heterocycles. The first kappa shape index (κ1) is 7.93. The van der Waals surface area contributed by atoms with Crippen molar-refractivity contribution in [2.75, 3.05) is 18.6 Å². The fraction of sp³-hybridized carbons (Fsp3) is 1.00. The standard InChI is InChI=1S/C9H17NS/c1-7-5-8-3-4-11-6-9(8)10(7)2/h7-9H,3-6H2,1-2H3. The molecule has 0 aromatic heterocycles. The van der Waals surface area contributed by atoms with Gasteiger partial charge in [-0.05, 0) is 38.5 Å². The largest absolute Gasteiger partial charge is 0.300 e. The molecule has 0 radical (unpaired) electrons. The van der Waals surface area contributed by atoms with Gasteiger partial charge in [-0.2, -0.15) is 11.8 Å². The molecular weight excluding hydrogens is 154 g/mol. The highest BCUT2D eigenvalue weighted by Gasteiger charge is 2.37. The van der Waals surface area contributed by atoms with Crippen LogP contribution in [0.5, 0.6) is 0 Å². The summed E-state index contributed by atoms with van der Waals surface area (Å²) in [4.78, 5) is 2.58. The Labute approximate surface area is 73.5 Å². The first-order valence-electron chi connectivity index (χ1n) is 4.58. The molecule has 2 heteroatoms. The molecule has 0 N–H and O–H groups in total. The van der Waals surface area contributed by atoms with E-state index in [-0.39, 0.29) is 0 Å². The Morgan fingerprint density at radius 1 is 1.45 bits per heavy atom. The Hall–Kier alpha value is 0.310. The Morgan fingerprint density at radius 2 is 2.27 bits per heavy atom. The number of hydrogen-bond donors (Lipinski definition) is 0. The maximum Gasteiger partial charge on any atom is 0.0215 e. The zero-order valence-electron chi connectivity index (χ0n) is 7.42. The molecule has 3 atom stereocenters. The Bertz CT molecular complexity index is 148. The van der Waals surface area contributed by atoms with Gasteiger partial charge in [-0.25, -0.2) is 0 Å². The lowest BCUT2D eigenvalue weighted by molar-refractivity contribution is 0.249. The molecule has 1 nitrogen and oxygen atoms in total. The molecule has 2 heterocycles. The average molecular weight is 171 g/mol. The van der Waals surface area contributed by atoms with Gasteiger partial charge in [0.05, 0.1) is 0 Å². The van der Waals surface area contributed by atoms with E-state index < -0.39 is 0 Å². The summed E-state index contributed by atoms with van der Waals surface area (Å²) in [5.74, 6) is 3.81. The lowest BCUT2D eigenvalue weighted by Gasteiger charge is -2.29. The van der Waals surface area contributed by atoms with Crippen molar-refractivity contribution in [3.63, 3.8) is 0 Å². The third kappa shape index (κ3) is 1.31. The summed E-state index contributed by atoms with van der Waals surface area (Å²) in [6.45, 7) is 2.36. The minimum absolute atomic E-state index is 0.837. The lowest BCUT2D eigenvalue weighted by Crippen LogP contribution is -2.36. The molecule has 0 bridgehead atoms. The molecule has 64 valence electrons. The second-order valence-electron chi connectivity index (χ2n) is 3.94.